The molecule has 2 fully saturated rings. The van der Waals surface area contributed by atoms with Gasteiger partial charge in [-0.2, -0.15) is 17.0 Å². The van der Waals surface area contributed by atoms with Crippen molar-refractivity contribution in [2.75, 3.05) is 52.9 Å². The summed E-state index contributed by atoms with van der Waals surface area (Å²) >= 11 is 0. The number of hydrogen-bond acceptors (Lipinski definition) is 4. The van der Waals surface area contributed by atoms with Crippen LogP contribution in [0.3, 0.4) is 0 Å². The summed E-state index contributed by atoms with van der Waals surface area (Å²) in [5.74, 6) is 0.0983. The minimum absolute atomic E-state index is 0. The van der Waals surface area contributed by atoms with Gasteiger partial charge in [-0.3, -0.25) is 4.79 Å². The first-order chi connectivity index (χ1) is 10.6. The van der Waals surface area contributed by atoms with Crippen LogP contribution >= 0.6 is 12.4 Å². The maximum Gasteiger partial charge on any atom is 0.282 e. The average molecular weight is 369 g/mol. The third-order valence-electron chi connectivity index (χ3n) is 4.40. The summed E-state index contributed by atoms with van der Waals surface area (Å²) in [6.45, 7) is 3.72. The number of carbonyl (C=O) groups excluding carboxylic acids is 1. The van der Waals surface area contributed by atoms with Gasteiger partial charge in [-0.25, -0.2) is 0 Å². The molecular formula is C14H29ClN4O3S. The van der Waals surface area contributed by atoms with Crippen molar-refractivity contribution in [1.82, 2.24) is 18.8 Å². The zero-order valence-electron chi connectivity index (χ0n) is 13.9. The second kappa shape index (κ2) is 9.78. The fourth-order valence-electron chi connectivity index (χ4n) is 2.99. The normalized spacial score (nSPS) is 21.5. The van der Waals surface area contributed by atoms with E-state index in [0.717, 1.165) is 25.7 Å². The molecule has 0 aromatic carbocycles. The number of halogens is 1. The van der Waals surface area contributed by atoms with E-state index < -0.39 is 10.2 Å². The Labute approximate surface area is 146 Å². The van der Waals surface area contributed by atoms with E-state index in [-0.39, 0.29) is 18.3 Å². The van der Waals surface area contributed by atoms with Gasteiger partial charge >= 0.3 is 0 Å². The molecule has 0 atom stereocenters. The van der Waals surface area contributed by atoms with Crippen LogP contribution in [0.5, 0.6) is 0 Å². The van der Waals surface area contributed by atoms with Crippen molar-refractivity contribution in [3.8, 4) is 0 Å². The van der Waals surface area contributed by atoms with E-state index in [9.17, 15) is 13.2 Å². The highest BCUT2D eigenvalue weighted by atomic mass is 35.5. The van der Waals surface area contributed by atoms with Gasteiger partial charge < -0.3 is 10.2 Å². The summed E-state index contributed by atoms with van der Waals surface area (Å²) in [7, 11) is -1.54. The monoisotopic (exact) mass is 368 g/mol. The van der Waals surface area contributed by atoms with Crippen LogP contribution in [-0.4, -0.2) is 80.7 Å². The fraction of sp³-hybridized carbons (Fsp3) is 0.929. The molecular weight excluding hydrogens is 340 g/mol. The van der Waals surface area contributed by atoms with E-state index in [2.05, 4.69) is 5.32 Å². The fourth-order valence-corrected chi connectivity index (χ4v) is 4.66. The first-order valence-electron chi connectivity index (χ1n) is 8.23. The summed E-state index contributed by atoms with van der Waals surface area (Å²) in [6.07, 6.45) is 4.58. The van der Waals surface area contributed by atoms with Crippen molar-refractivity contribution in [2.24, 2.45) is 0 Å². The molecule has 1 amide bonds. The molecule has 0 aromatic rings. The quantitative estimate of drug-likeness (QED) is 0.756. The average Bonchev–Trinajstić information content (AvgIpc) is 2.82. The molecule has 2 rings (SSSR count). The molecule has 2 saturated heterocycles. The number of piperazine rings is 1. The van der Waals surface area contributed by atoms with Crippen molar-refractivity contribution in [1.29, 1.82) is 0 Å². The van der Waals surface area contributed by atoms with Gasteiger partial charge in [0.2, 0.25) is 5.91 Å². The number of hydrogen-bond donors (Lipinski definition) is 1. The van der Waals surface area contributed by atoms with Crippen LogP contribution in [0, 0.1) is 0 Å². The van der Waals surface area contributed by atoms with Crippen molar-refractivity contribution in [3.63, 3.8) is 0 Å². The molecule has 0 bridgehead atoms. The van der Waals surface area contributed by atoms with Gasteiger partial charge in [-0.15, -0.1) is 12.4 Å². The van der Waals surface area contributed by atoms with E-state index in [1.54, 1.807) is 13.5 Å². The first kappa shape index (κ1) is 20.6. The Kier molecular flexibility index (Phi) is 8.78. The summed E-state index contributed by atoms with van der Waals surface area (Å²) in [6, 6.07) is 0. The SMILES string of the molecule is CNCCC(=O)N1CCN(S(=O)(=O)N2CCCCCC2)CC1.Cl. The Bertz CT molecular complexity index is 459. The van der Waals surface area contributed by atoms with Crippen molar-refractivity contribution >= 4 is 28.5 Å². The smallest absolute Gasteiger partial charge is 0.282 e. The molecule has 2 heterocycles. The zero-order chi connectivity index (χ0) is 16.0. The maximum absolute atomic E-state index is 12.7. The second-order valence-electron chi connectivity index (χ2n) is 5.95. The van der Waals surface area contributed by atoms with Crippen LogP contribution in [0.4, 0.5) is 0 Å². The van der Waals surface area contributed by atoms with Crippen molar-refractivity contribution in [2.45, 2.75) is 32.1 Å². The molecule has 9 heteroatoms. The lowest BCUT2D eigenvalue weighted by molar-refractivity contribution is -0.132. The predicted octanol–water partition coefficient (Wildman–Crippen LogP) is 0.283. The summed E-state index contributed by atoms with van der Waals surface area (Å²) in [5, 5.41) is 2.96. The Morgan fingerprint density at radius 2 is 1.43 bits per heavy atom. The second-order valence-corrected chi connectivity index (χ2v) is 7.88. The van der Waals surface area contributed by atoms with E-state index in [1.807, 2.05) is 7.05 Å². The number of carbonyl (C=O) groups is 1. The predicted molar refractivity (Wildman–Crippen MR) is 92.9 cm³/mol. The van der Waals surface area contributed by atoms with E-state index in [0.29, 0.717) is 52.2 Å². The van der Waals surface area contributed by atoms with Crippen LogP contribution in [0.15, 0.2) is 0 Å². The maximum atomic E-state index is 12.7. The van der Waals surface area contributed by atoms with Gasteiger partial charge in [-0.1, -0.05) is 12.8 Å². The Morgan fingerprint density at radius 1 is 0.913 bits per heavy atom. The largest absolute Gasteiger partial charge is 0.340 e. The lowest BCUT2D eigenvalue weighted by atomic mass is 10.2. The number of nitrogens with zero attached hydrogens (tertiary/aromatic N) is 3. The Morgan fingerprint density at radius 3 is 1.96 bits per heavy atom. The van der Waals surface area contributed by atoms with Crippen LogP contribution in [-0.2, 0) is 15.0 Å². The molecule has 0 radical (unpaired) electrons. The highest BCUT2D eigenvalue weighted by molar-refractivity contribution is 7.86. The molecule has 0 aliphatic carbocycles. The number of amides is 1. The lowest BCUT2D eigenvalue weighted by Gasteiger charge is -2.36. The highest BCUT2D eigenvalue weighted by Gasteiger charge is 2.33. The van der Waals surface area contributed by atoms with Crippen molar-refractivity contribution in [3.05, 3.63) is 0 Å². The number of rotatable bonds is 5. The molecule has 23 heavy (non-hydrogen) atoms. The van der Waals surface area contributed by atoms with Crippen LogP contribution in [0.25, 0.3) is 0 Å². The minimum Gasteiger partial charge on any atom is -0.340 e. The summed E-state index contributed by atoms with van der Waals surface area (Å²) < 4.78 is 28.5. The molecule has 2 aliphatic rings. The van der Waals surface area contributed by atoms with Crippen LogP contribution in [0.2, 0.25) is 0 Å². The van der Waals surface area contributed by atoms with Gasteiger partial charge in [0.25, 0.3) is 10.2 Å². The molecule has 1 N–H and O–H groups in total. The van der Waals surface area contributed by atoms with E-state index >= 15 is 0 Å². The third kappa shape index (κ3) is 5.56. The molecule has 2 aliphatic heterocycles. The molecule has 0 unspecified atom stereocenters. The lowest BCUT2D eigenvalue weighted by Crippen LogP contribution is -2.54. The molecule has 0 aromatic heterocycles. The number of nitrogens with one attached hydrogen (secondary N) is 1. The van der Waals surface area contributed by atoms with Crippen molar-refractivity contribution < 1.29 is 13.2 Å². The van der Waals surface area contributed by atoms with Gasteiger partial charge in [0.05, 0.1) is 0 Å². The van der Waals surface area contributed by atoms with Gasteiger partial charge in [0.15, 0.2) is 0 Å². The topological polar surface area (TPSA) is 73.0 Å². The molecule has 0 saturated carbocycles. The Balaban J connectivity index is 0.00000264. The summed E-state index contributed by atoms with van der Waals surface area (Å²) in [5.41, 5.74) is 0. The third-order valence-corrected chi connectivity index (χ3v) is 6.43. The zero-order valence-corrected chi connectivity index (χ0v) is 15.5. The van der Waals surface area contributed by atoms with Gasteiger partial charge in [0.1, 0.15) is 0 Å². The van der Waals surface area contributed by atoms with E-state index in [4.69, 9.17) is 0 Å². The molecule has 0 spiro atoms. The molecule has 136 valence electrons. The van der Waals surface area contributed by atoms with Gasteiger partial charge in [0, 0.05) is 52.2 Å². The first-order valence-corrected chi connectivity index (χ1v) is 9.63. The van der Waals surface area contributed by atoms with E-state index in [1.165, 1.54) is 0 Å². The Hall–Kier alpha value is -0.410. The van der Waals surface area contributed by atoms with Gasteiger partial charge in [-0.05, 0) is 19.9 Å². The highest BCUT2D eigenvalue weighted by Crippen LogP contribution is 2.18. The standard InChI is InChI=1S/C14H28N4O3S.ClH/c1-15-7-6-14(19)16-10-12-18(13-11-16)22(20,21)17-8-4-2-3-5-9-17;/h15H,2-13H2,1H3;1H. The minimum atomic E-state index is -3.36. The summed E-state index contributed by atoms with van der Waals surface area (Å²) in [4.78, 5) is 13.7. The van der Waals surface area contributed by atoms with Crippen LogP contribution < -0.4 is 5.32 Å². The molecule has 7 nitrogen and oxygen atoms in total. The van der Waals surface area contributed by atoms with Crippen LogP contribution in [0.1, 0.15) is 32.1 Å².